The highest BCUT2D eigenvalue weighted by Gasteiger charge is 2.39. The first-order valence-electron chi connectivity index (χ1n) is 15.2. The van der Waals surface area contributed by atoms with Crippen LogP contribution in [0.5, 0.6) is 0 Å². The van der Waals surface area contributed by atoms with E-state index in [1.54, 1.807) is 65.8 Å². The van der Waals surface area contributed by atoms with Gasteiger partial charge in [-0.15, -0.1) is 0 Å². The molecule has 264 valence electrons. The Morgan fingerprint density at radius 3 is 1.98 bits per heavy atom. The number of anilines is 1. The summed E-state index contributed by atoms with van der Waals surface area (Å²) in [5.41, 5.74) is -1.96. The van der Waals surface area contributed by atoms with Gasteiger partial charge in [0.1, 0.15) is 11.2 Å². The molecule has 4 amide bonds. The lowest BCUT2D eigenvalue weighted by Crippen LogP contribution is -2.48. The molecule has 1 saturated heterocycles. The molecule has 0 aliphatic carbocycles. The van der Waals surface area contributed by atoms with Crippen molar-refractivity contribution >= 4 is 67.4 Å². The number of hydrogen-bond acceptors (Lipinski definition) is 9. The van der Waals surface area contributed by atoms with Gasteiger partial charge in [0, 0.05) is 42.2 Å². The average molecular weight is 774 g/mol. The van der Waals surface area contributed by atoms with Crippen molar-refractivity contribution in [2.24, 2.45) is 0 Å². The quantitative estimate of drug-likeness (QED) is 0.312. The Morgan fingerprint density at radius 2 is 1.50 bits per heavy atom. The molecular weight excluding hydrogens is 732 g/mol. The zero-order valence-electron chi connectivity index (χ0n) is 28.1. The third-order valence-corrected chi connectivity index (χ3v) is 9.33. The number of carbonyl (C=O) groups is 4. The molecular formula is C32H42BrClN4O9S. The fraction of sp³-hybridized carbons (Fsp3) is 0.500. The number of imide groups is 1. The van der Waals surface area contributed by atoms with Crippen LogP contribution >= 0.6 is 27.5 Å². The molecule has 0 unspecified atom stereocenters. The number of nitrogens with zero attached hydrogens (tertiary/aromatic N) is 4. The number of hydrogen-bond donors (Lipinski definition) is 1. The number of rotatable bonds is 8. The summed E-state index contributed by atoms with van der Waals surface area (Å²) in [7, 11) is -4.22. The van der Waals surface area contributed by atoms with Crippen LogP contribution in [0.4, 0.5) is 20.1 Å². The summed E-state index contributed by atoms with van der Waals surface area (Å²) in [5, 5.41) is 9.76. The van der Waals surface area contributed by atoms with Crippen molar-refractivity contribution < 1.29 is 42.2 Å². The van der Waals surface area contributed by atoms with Gasteiger partial charge < -0.3 is 19.5 Å². The van der Waals surface area contributed by atoms with Crippen LogP contribution in [0.15, 0.2) is 40.9 Å². The van der Waals surface area contributed by atoms with Gasteiger partial charge in [-0.25, -0.2) is 27.1 Å². The Labute approximate surface area is 294 Å². The fourth-order valence-electron chi connectivity index (χ4n) is 4.80. The first kappa shape index (κ1) is 39.0. The standard InChI is InChI=1S/C32H42BrClN4O9S/c1-8-48(44,45)37(19-21-10-9-11-24(34)16-21)27(39)25-18-23(33)17-22(20-35-12-14-36(15-13-35)28(40)41)26(25)38(29(42)46-31(2,3)4)30(43)47-32(5,6)7/h9-11,16-18H,8,12-15,19-20H2,1-7H3,(H,40,41). The molecule has 48 heavy (non-hydrogen) atoms. The molecule has 0 aromatic heterocycles. The van der Waals surface area contributed by atoms with Gasteiger partial charge in [-0.05, 0) is 83.9 Å². The van der Waals surface area contributed by atoms with Gasteiger partial charge in [-0.1, -0.05) is 39.7 Å². The summed E-state index contributed by atoms with van der Waals surface area (Å²) in [5.74, 6) is -1.44. The van der Waals surface area contributed by atoms with E-state index < -0.39 is 51.2 Å². The zero-order valence-corrected chi connectivity index (χ0v) is 31.2. The predicted molar refractivity (Wildman–Crippen MR) is 185 cm³/mol. The van der Waals surface area contributed by atoms with Crippen molar-refractivity contribution in [2.75, 3.05) is 36.8 Å². The largest absolute Gasteiger partial charge is 0.465 e. The zero-order chi connectivity index (χ0) is 36.2. The van der Waals surface area contributed by atoms with Gasteiger partial charge in [-0.2, -0.15) is 4.90 Å². The summed E-state index contributed by atoms with van der Waals surface area (Å²) < 4.78 is 39.3. The second-order valence-corrected chi connectivity index (χ2v) is 16.7. The van der Waals surface area contributed by atoms with Crippen LogP contribution < -0.4 is 4.90 Å². The topological polar surface area (TPSA) is 154 Å². The highest BCUT2D eigenvalue weighted by molar-refractivity contribution is 9.10. The van der Waals surface area contributed by atoms with E-state index in [-0.39, 0.29) is 43.0 Å². The second kappa shape index (κ2) is 15.4. The summed E-state index contributed by atoms with van der Waals surface area (Å²) in [4.78, 5) is 57.7. The third-order valence-electron chi connectivity index (χ3n) is 6.94. The number of carbonyl (C=O) groups excluding carboxylic acids is 3. The molecule has 16 heteroatoms. The van der Waals surface area contributed by atoms with Gasteiger partial charge in [0.25, 0.3) is 5.91 Å². The maximum absolute atomic E-state index is 14.6. The van der Waals surface area contributed by atoms with Crippen LogP contribution in [0.3, 0.4) is 0 Å². The SMILES string of the molecule is CCS(=O)(=O)N(Cc1cccc(Cl)c1)C(=O)c1cc(Br)cc(CN2CCN(C(=O)O)CC2)c1N(C(=O)OC(C)(C)C)C(=O)OC(C)(C)C. The minimum Gasteiger partial charge on any atom is -0.465 e. The van der Waals surface area contributed by atoms with Gasteiger partial charge >= 0.3 is 18.3 Å². The maximum atomic E-state index is 14.6. The molecule has 1 aliphatic rings. The highest BCUT2D eigenvalue weighted by Crippen LogP contribution is 2.35. The van der Waals surface area contributed by atoms with E-state index in [2.05, 4.69) is 15.9 Å². The normalized spacial score (nSPS) is 14.3. The van der Waals surface area contributed by atoms with E-state index >= 15 is 0 Å². The van der Waals surface area contributed by atoms with Crippen molar-refractivity contribution in [3.8, 4) is 0 Å². The molecule has 2 aromatic carbocycles. The van der Waals surface area contributed by atoms with Crippen molar-refractivity contribution in [1.29, 1.82) is 0 Å². The molecule has 0 saturated carbocycles. The van der Waals surface area contributed by atoms with Gasteiger partial charge in [0.2, 0.25) is 10.0 Å². The smallest absolute Gasteiger partial charge is 0.424 e. The monoisotopic (exact) mass is 772 g/mol. The van der Waals surface area contributed by atoms with E-state index in [9.17, 15) is 32.7 Å². The lowest BCUT2D eigenvalue weighted by Gasteiger charge is -2.35. The van der Waals surface area contributed by atoms with Crippen LogP contribution in [0.2, 0.25) is 5.02 Å². The van der Waals surface area contributed by atoms with Gasteiger partial charge in [-0.3, -0.25) is 9.69 Å². The number of sulfonamides is 1. The van der Waals surface area contributed by atoms with Crippen LogP contribution in [0.25, 0.3) is 0 Å². The summed E-state index contributed by atoms with van der Waals surface area (Å²) in [6.45, 7) is 11.7. The number of ether oxygens (including phenoxy) is 2. The van der Waals surface area contributed by atoms with E-state index in [1.807, 2.05) is 4.90 Å². The minimum atomic E-state index is -4.22. The van der Waals surface area contributed by atoms with Crippen LogP contribution in [0, 0.1) is 0 Å². The Morgan fingerprint density at radius 1 is 0.938 bits per heavy atom. The Kier molecular flexibility index (Phi) is 12.6. The molecule has 13 nitrogen and oxygen atoms in total. The molecule has 3 rings (SSSR count). The van der Waals surface area contributed by atoms with E-state index in [0.29, 0.717) is 37.4 Å². The first-order chi connectivity index (χ1) is 22.1. The van der Waals surface area contributed by atoms with Crippen molar-refractivity contribution in [1.82, 2.24) is 14.1 Å². The minimum absolute atomic E-state index is 0.0550. The van der Waals surface area contributed by atoms with E-state index in [1.165, 1.54) is 24.0 Å². The second-order valence-electron chi connectivity index (χ2n) is 13.1. The first-order valence-corrected chi connectivity index (χ1v) is 18.0. The number of halogens is 2. The molecule has 0 bridgehead atoms. The number of piperazine rings is 1. The van der Waals surface area contributed by atoms with Crippen LogP contribution in [-0.2, 0) is 32.6 Å². The molecule has 0 atom stereocenters. The fourth-order valence-corrected chi connectivity index (χ4v) is 6.53. The van der Waals surface area contributed by atoms with Crippen LogP contribution in [0.1, 0.15) is 70.0 Å². The van der Waals surface area contributed by atoms with Crippen molar-refractivity contribution in [3.63, 3.8) is 0 Å². The van der Waals surface area contributed by atoms with Gasteiger partial charge in [0.05, 0.1) is 23.5 Å². The lowest BCUT2D eigenvalue weighted by atomic mass is 10.0. The Hall–Kier alpha value is -3.40. The molecule has 0 spiro atoms. The number of carboxylic acid groups (broad SMARTS) is 1. The van der Waals surface area contributed by atoms with Crippen LogP contribution in [-0.4, -0.2) is 95.0 Å². The van der Waals surface area contributed by atoms with Gasteiger partial charge in [0.15, 0.2) is 0 Å². The molecule has 1 fully saturated rings. The third kappa shape index (κ3) is 10.5. The molecule has 1 aliphatic heterocycles. The maximum Gasteiger partial charge on any atom is 0.424 e. The van der Waals surface area contributed by atoms with Crippen molar-refractivity contribution in [2.45, 2.75) is 72.8 Å². The van der Waals surface area contributed by atoms with E-state index in [0.717, 1.165) is 0 Å². The lowest BCUT2D eigenvalue weighted by molar-refractivity contribution is 0.0428. The molecule has 1 N–H and O–H groups in total. The van der Waals surface area contributed by atoms with E-state index in [4.69, 9.17) is 21.1 Å². The summed E-state index contributed by atoms with van der Waals surface area (Å²) >= 11 is 9.60. The highest BCUT2D eigenvalue weighted by atomic mass is 79.9. The summed E-state index contributed by atoms with van der Waals surface area (Å²) in [6.07, 6.45) is -3.35. The average Bonchev–Trinajstić information content (AvgIpc) is 2.95. The number of amides is 4. The molecule has 2 aromatic rings. The molecule has 0 radical (unpaired) electrons. The predicted octanol–water partition coefficient (Wildman–Crippen LogP) is 6.57. The number of benzene rings is 2. The Balaban J connectivity index is 2.31. The Bertz CT molecular complexity index is 1620. The van der Waals surface area contributed by atoms with Crippen molar-refractivity contribution in [3.05, 3.63) is 62.6 Å². The molecule has 1 heterocycles. The summed E-state index contributed by atoms with van der Waals surface area (Å²) in [6, 6.07) is 9.33.